The highest BCUT2D eigenvalue weighted by Crippen LogP contribution is 2.41. The second-order valence-corrected chi connectivity index (χ2v) is 4.67. The van der Waals surface area contributed by atoms with Crippen LogP contribution in [-0.4, -0.2) is 10.5 Å². The van der Waals surface area contributed by atoms with Crippen molar-refractivity contribution in [2.45, 2.75) is 30.9 Å². The molecule has 0 radical (unpaired) electrons. The van der Waals surface area contributed by atoms with E-state index in [0.717, 1.165) is 24.2 Å². The van der Waals surface area contributed by atoms with E-state index in [4.69, 9.17) is 5.26 Å². The molecule has 0 spiro atoms. The molecule has 0 N–H and O–H groups in total. The van der Waals surface area contributed by atoms with E-state index < -0.39 is 0 Å². The lowest BCUT2D eigenvalue weighted by Gasteiger charge is -2.18. The Morgan fingerprint density at radius 3 is 2.91 bits per heavy atom. The van der Waals surface area contributed by atoms with Gasteiger partial charge in [0.25, 0.3) is 0 Å². The van der Waals surface area contributed by atoms with Crippen LogP contribution in [0.5, 0.6) is 0 Å². The van der Waals surface area contributed by atoms with Gasteiger partial charge in [-0.25, -0.2) is 0 Å². The summed E-state index contributed by atoms with van der Waals surface area (Å²) in [6, 6.07) is 2.41. The minimum atomic E-state index is -0.119. The van der Waals surface area contributed by atoms with Crippen molar-refractivity contribution in [1.29, 1.82) is 5.26 Å². The zero-order valence-electron chi connectivity index (χ0n) is 6.89. The summed E-state index contributed by atoms with van der Waals surface area (Å²) in [6.45, 7) is 5.85. The monoisotopic (exact) mass is 167 g/mol. The second-order valence-electron chi connectivity index (χ2n) is 3.19. The Balaban J connectivity index is 2.61. The minimum absolute atomic E-state index is 0.119. The predicted molar refractivity (Wildman–Crippen MR) is 49.5 cm³/mol. The summed E-state index contributed by atoms with van der Waals surface area (Å²) in [6.07, 6.45) is 3.10. The summed E-state index contributed by atoms with van der Waals surface area (Å²) in [5.74, 6) is 1.14. The smallest absolute Gasteiger partial charge is 0.106 e. The molecule has 0 aromatic carbocycles. The number of thioether (sulfide) groups is 1. The zero-order chi connectivity index (χ0) is 8.32. The Morgan fingerprint density at radius 1 is 1.82 bits per heavy atom. The molecule has 1 saturated heterocycles. The van der Waals surface area contributed by atoms with Crippen LogP contribution in [0.4, 0.5) is 0 Å². The van der Waals surface area contributed by atoms with Crippen molar-refractivity contribution in [3.05, 3.63) is 12.2 Å². The van der Waals surface area contributed by atoms with E-state index >= 15 is 0 Å². The van der Waals surface area contributed by atoms with E-state index in [1.807, 2.05) is 6.92 Å². The fourth-order valence-corrected chi connectivity index (χ4v) is 2.83. The van der Waals surface area contributed by atoms with Gasteiger partial charge < -0.3 is 0 Å². The third-order valence-electron chi connectivity index (χ3n) is 1.89. The maximum Gasteiger partial charge on any atom is 0.106 e. The van der Waals surface area contributed by atoms with Crippen LogP contribution in [0, 0.1) is 11.3 Å². The van der Waals surface area contributed by atoms with Gasteiger partial charge in [-0.2, -0.15) is 5.26 Å². The Kier molecular flexibility index (Phi) is 2.62. The number of hydrogen-bond acceptors (Lipinski definition) is 2. The SMILES string of the molecule is C=C(C)CC1(C#N)CCCS1. The van der Waals surface area contributed by atoms with Crippen LogP contribution in [0.1, 0.15) is 26.2 Å². The zero-order valence-corrected chi connectivity index (χ0v) is 7.71. The van der Waals surface area contributed by atoms with E-state index in [0.29, 0.717) is 0 Å². The van der Waals surface area contributed by atoms with Crippen LogP contribution in [0.2, 0.25) is 0 Å². The number of nitriles is 1. The Labute approximate surface area is 72.5 Å². The summed E-state index contributed by atoms with van der Waals surface area (Å²) in [4.78, 5) is 0. The molecule has 0 aromatic rings. The third-order valence-corrected chi connectivity index (χ3v) is 3.38. The molecule has 0 saturated carbocycles. The first-order chi connectivity index (χ1) is 5.18. The molecular weight excluding hydrogens is 154 g/mol. The van der Waals surface area contributed by atoms with Crippen LogP contribution < -0.4 is 0 Å². The molecule has 1 fully saturated rings. The van der Waals surface area contributed by atoms with E-state index in [-0.39, 0.29) is 4.75 Å². The molecule has 0 bridgehead atoms. The second kappa shape index (κ2) is 3.32. The summed E-state index contributed by atoms with van der Waals surface area (Å²) in [5, 5.41) is 8.95. The van der Waals surface area contributed by atoms with E-state index in [1.165, 1.54) is 6.42 Å². The molecule has 0 amide bonds. The summed E-state index contributed by atoms with van der Waals surface area (Å²) < 4.78 is -0.119. The predicted octanol–water partition coefficient (Wildman–Crippen LogP) is 2.74. The molecule has 2 heteroatoms. The quantitative estimate of drug-likeness (QED) is 0.590. The third kappa shape index (κ3) is 2.00. The summed E-state index contributed by atoms with van der Waals surface area (Å²) in [5.41, 5.74) is 1.13. The fourth-order valence-electron chi connectivity index (χ4n) is 1.45. The van der Waals surface area contributed by atoms with Crippen molar-refractivity contribution in [2.24, 2.45) is 0 Å². The topological polar surface area (TPSA) is 23.8 Å². The standard InChI is InChI=1S/C9H13NS/c1-8(2)6-9(7-10)4-3-5-11-9/h1,3-6H2,2H3. The van der Waals surface area contributed by atoms with Gasteiger partial charge in [0.2, 0.25) is 0 Å². The minimum Gasteiger partial charge on any atom is -0.197 e. The molecule has 11 heavy (non-hydrogen) atoms. The first-order valence-corrected chi connectivity index (χ1v) is 4.87. The Hall–Kier alpha value is -0.420. The average Bonchev–Trinajstić information content (AvgIpc) is 2.36. The van der Waals surface area contributed by atoms with Gasteiger partial charge in [0.1, 0.15) is 4.75 Å². The Morgan fingerprint density at radius 2 is 2.55 bits per heavy atom. The fraction of sp³-hybridized carbons (Fsp3) is 0.667. The van der Waals surface area contributed by atoms with Crippen molar-refractivity contribution in [2.75, 3.05) is 5.75 Å². The molecule has 1 unspecified atom stereocenters. The van der Waals surface area contributed by atoms with Crippen molar-refractivity contribution in [1.82, 2.24) is 0 Å². The lowest BCUT2D eigenvalue weighted by atomic mass is 9.97. The van der Waals surface area contributed by atoms with Crippen LogP contribution in [0.3, 0.4) is 0 Å². The van der Waals surface area contributed by atoms with Gasteiger partial charge in [0.15, 0.2) is 0 Å². The number of hydrogen-bond donors (Lipinski definition) is 0. The summed E-state index contributed by atoms with van der Waals surface area (Å²) in [7, 11) is 0. The van der Waals surface area contributed by atoms with Gasteiger partial charge in [0, 0.05) is 0 Å². The van der Waals surface area contributed by atoms with Gasteiger partial charge >= 0.3 is 0 Å². The number of rotatable bonds is 2. The molecule has 1 heterocycles. The van der Waals surface area contributed by atoms with Crippen molar-refractivity contribution < 1.29 is 0 Å². The highest BCUT2D eigenvalue weighted by molar-refractivity contribution is 8.01. The van der Waals surface area contributed by atoms with Crippen molar-refractivity contribution >= 4 is 11.8 Å². The van der Waals surface area contributed by atoms with Gasteiger partial charge in [-0.15, -0.1) is 18.3 Å². The van der Waals surface area contributed by atoms with Crippen LogP contribution in [-0.2, 0) is 0 Å². The molecule has 1 aliphatic rings. The first-order valence-electron chi connectivity index (χ1n) is 3.88. The molecule has 1 nitrogen and oxygen atoms in total. The van der Waals surface area contributed by atoms with Gasteiger partial charge in [0.05, 0.1) is 6.07 Å². The molecule has 0 aliphatic carbocycles. The first kappa shape index (κ1) is 8.67. The normalized spacial score (nSPS) is 29.8. The maximum absolute atomic E-state index is 8.95. The van der Waals surface area contributed by atoms with Crippen molar-refractivity contribution in [3.8, 4) is 6.07 Å². The lowest BCUT2D eigenvalue weighted by molar-refractivity contribution is 0.669. The molecule has 1 aliphatic heterocycles. The molecular formula is C9H13NS. The largest absolute Gasteiger partial charge is 0.197 e. The van der Waals surface area contributed by atoms with E-state index in [1.54, 1.807) is 11.8 Å². The van der Waals surface area contributed by atoms with Crippen LogP contribution in [0.25, 0.3) is 0 Å². The maximum atomic E-state index is 8.95. The van der Waals surface area contributed by atoms with Crippen LogP contribution in [0.15, 0.2) is 12.2 Å². The molecule has 1 atom stereocenters. The molecule has 1 rings (SSSR count). The van der Waals surface area contributed by atoms with Crippen molar-refractivity contribution in [3.63, 3.8) is 0 Å². The van der Waals surface area contributed by atoms with Crippen LogP contribution >= 0.6 is 11.8 Å². The number of nitrogens with zero attached hydrogens (tertiary/aromatic N) is 1. The van der Waals surface area contributed by atoms with E-state index in [9.17, 15) is 0 Å². The van der Waals surface area contributed by atoms with Gasteiger partial charge in [-0.05, 0) is 31.9 Å². The van der Waals surface area contributed by atoms with Gasteiger partial charge in [-0.1, -0.05) is 5.57 Å². The lowest BCUT2D eigenvalue weighted by Crippen LogP contribution is -2.17. The highest BCUT2D eigenvalue weighted by Gasteiger charge is 2.34. The van der Waals surface area contributed by atoms with Gasteiger partial charge in [-0.3, -0.25) is 0 Å². The molecule has 0 aromatic heterocycles. The summed E-state index contributed by atoms with van der Waals surface area (Å²) >= 11 is 1.80. The average molecular weight is 167 g/mol. The molecule has 60 valence electrons. The highest BCUT2D eigenvalue weighted by atomic mass is 32.2. The Bertz CT molecular complexity index is 196. The van der Waals surface area contributed by atoms with E-state index in [2.05, 4.69) is 12.6 Å². The number of allylic oxidation sites excluding steroid dienone is 1.